The Labute approximate surface area is 145 Å². The molecule has 1 atom stereocenters. The fourth-order valence-corrected chi connectivity index (χ4v) is 3.29. The van der Waals surface area contributed by atoms with Gasteiger partial charge in [0.25, 0.3) is 5.69 Å². The first-order valence-electron chi connectivity index (χ1n) is 7.87. The number of aromatic nitrogens is 1. The number of hydrogen-bond donors (Lipinski definition) is 1. The van der Waals surface area contributed by atoms with Gasteiger partial charge in [0.2, 0.25) is 0 Å². The topological polar surface area (TPSA) is 71.3 Å². The van der Waals surface area contributed by atoms with E-state index >= 15 is 0 Å². The number of hydrogen-bond acceptors (Lipinski definition) is 4. The Balaban J connectivity index is 1.73. The number of nitro benzene ring substituents is 1. The van der Waals surface area contributed by atoms with Gasteiger partial charge in [0.15, 0.2) is 5.11 Å². The second kappa shape index (κ2) is 7.35. The Morgan fingerprint density at radius 2 is 2.08 bits per heavy atom. The smallest absolute Gasteiger partial charge is 0.269 e. The van der Waals surface area contributed by atoms with Crippen LogP contribution in [0.2, 0.25) is 0 Å². The monoisotopic (exact) mass is 342 g/mol. The summed E-state index contributed by atoms with van der Waals surface area (Å²) in [6, 6.07) is 10.5. The van der Waals surface area contributed by atoms with E-state index in [4.69, 9.17) is 12.2 Å². The molecule has 0 bridgehead atoms. The molecular weight excluding hydrogens is 324 g/mol. The van der Waals surface area contributed by atoms with Gasteiger partial charge < -0.3 is 10.2 Å². The Kier molecular flexibility index (Phi) is 5.00. The first-order chi connectivity index (χ1) is 11.6. The van der Waals surface area contributed by atoms with E-state index in [0.29, 0.717) is 5.11 Å². The third kappa shape index (κ3) is 3.68. The fourth-order valence-electron chi connectivity index (χ4n) is 2.96. The molecule has 24 heavy (non-hydrogen) atoms. The van der Waals surface area contributed by atoms with Crippen molar-refractivity contribution in [3.05, 3.63) is 64.5 Å². The van der Waals surface area contributed by atoms with Crippen molar-refractivity contribution in [1.29, 1.82) is 0 Å². The zero-order chi connectivity index (χ0) is 16.9. The van der Waals surface area contributed by atoms with Gasteiger partial charge in [-0.3, -0.25) is 15.1 Å². The quantitative estimate of drug-likeness (QED) is 0.518. The van der Waals surface area contributed by atoms with Crippen molar-refractivity contribution in [3.8, 4) is 0 Å². The number of nitrogens with zero attached hydrogens (tertiary/aromatic N) is 3. The summed E-state index contributed by atoms with van der Waals surface area (Å²) in [4.78, 5) is 16.7. The van der Waals surface area contributed by atoms with Crippen LogP contribution in [0.25, 0.3) is 0 Å². The third-order valence-corrected chi connectivity index (χ3v) is 4.50. The first kappa shape index (κ1) is 16.3. The number of nitro groups is 1. The molecule has 2 aromatic rings. The SMILES string of the molecule is O=[N+]([O-])c1ccc(NC(=S)N2CCCCC2c2cccnc2)cc1. The lowest BCUT2D eigenvalue weighted by molar-refractivity contribution is -0.384. The second-order valence-electron chi connectivity index (χ2n) is 5.73. The normalized spacial score (nSPS) is 17.3. The van der Waals surface area contributed by atoms with Crippen LogP contribution in [0.15, 0.2) is 48.8 Å². The molecule has 7 heteroatoms. The maximum Gasteiger partial charge on any atom is 0.269 e. The van der Waals surface area contributed by atoms with Crippen LogP contribution in [-0.2, 0) is 0 Å². The van der Waals surface area contributed by atoms with E-state index in [9.17, 15) is 10.1 Å². The summed E-state index contributed by atoms with van der Waals surface area (Å²) in [7, 11) is 0. The highest BCUT2D eigenvalue weighted by Gasteiger charge is 2.26. The molecule has 0 saturated carbocycles. The minimum Gasteiger partial charge on any atom is -0.342 e. The predicted octanol–water partition coefficient (Wildman–Crippen LogP) is 3.91. The number of non-ortho nitro benzene ring substituents is 1. The summed E-state index contributed by atoms with van der Waals surface area (Å²) in [5.74, 6) is 0. The van der Waals surface area contributed by atoms with E-state index in [1.54, 1.807) is 18.3 Å². The maximum atomic E-state index is 10.7. The second-order valence-corrected chi connectivity index (χ2v) is 6.11. The van der Waals surface area contributed by atoms with Gasteiger partial charge in [-0.1, -0.05) is 6.07 Å². The van der Waals surface area contributed by atoms with Gasteiger partial charge in [-0.25, -0.2) is 0 Å². The molecule has 124 valence electrons. The van der Waals surface area contributed by atoms with Gasteiger partial charge in [0.1, 0.15) is 0 Å². The molecule has 0 aliphatic carbocycles. The van der Waals surface area contributed by atoms with E-state index < -0.39 is 4.92 Å². The number of piperidine rings is 1. The lowest BCUT2D eigenvalue weighted by Crippen LogP contribution is -2.41. The van der Waals surface area contributed by atoms with Crippen LogP contribution in [0.1, 0.15) is 30.9 Å². The summed E-state index contributed by atoms with van der Waals surface area (Å²) in [6.07, 6.45) is 6.95. The Bertz CT molecular complexity index is 721. The number of rotatable bonds is 3. The molecule has 1 aliphatic rings. The standard InChI is InChI=1S/C17H18N4O2S/c22-21(23)15-8-6-14(7-9-15)19-17(24)20-11-2-1-5-16(20)13-4-3-10-18-12-13/h3-4,6-10,12,16H,1-2,5,11H2,(H,19,24). The zero-order valence-corrected chi connectivity index (χ0v) is 13.9. The minimum atomic E-state index is -0.412. The molecule has 6 nitrogen and oxygen atoms in total. The van der Waals surface area contributed by atoms with Crippen molar-refractivity contribution in [2.45, 2.75) is 25.3 Å². The third-order valence-electron chi connectivity index (χ3n) is 4.16. The van der Waals surface area contributed by atoms with E-state index in [2.05, 4.69) is 21.3 Å². The molecule has 1 fully saturated rings. The Morgan fingerprint density at radius 3 is 2.75 bits per heavy atom. The molecule has 2 heterocycles. The number of likely N-dealkylation sites (tertiary alicyclic amines) is 1. The minimum absolute atomic E-state index is 0.0673. The molecule has 1 aliphatic heterocycles. The van der Waals surface area contributed by atoms with E-state index in [-0.39, 0.29) is 11.7 Å². The van der Waals surface area contributed by atoms with Gasteiger partial charge in [-0.2, -0.15) is 0 Å². The van der Waals surface area contributed by atoms with Crippen LogP contribution in [0.4, 0.5) is 11.4 Å². The lowest BCUT2D eigenvalue weighted by atomic mass is 9.97. The van der Waals surface area contributed by atoms with E-state index in [1.807, 2.05) is 12.3 Å². The molecule has 0 amide bonds. The van der Waals surface area contributed by atoms with Crippen LogP contribution in [0.3, 0.4) is 0 Å². The number of anilines is 1. The van der Waals surface area contributed by atoms with Crippen LogP contribution >= 0.6 is 12.2 Å². The largest absolute Gasteiger partial charge is 0.342 e. The maximum absolute atomic E-state index is 10.7. The first-order valence-corrected chi connectivity index (χ1v) is 8.28. The molecule has 3 rings (SSSR count). The van der Waals surface area contributed by atoms with Crippen molar-refractivity contribution in [2.75, 3.05) is 11.9 Å². The van der Waals surface area contributed by atoms with Gasteiger partial charge in [0, 0.05) is 36.8 Å². The molecule has 0 radical (unpaired) electrons. The zero-order valence-electron chi connectivity index (χ0n) is 13.1. The molecule has 1 aromatic carbocycles. The number of thiocarbonyl (C=S) groups is 1. The van der Waals surface area contributed by atoms with Gasteiger partial charge in [-0.15, -0.1) is 0 Å². The summed E-state index contributed by atoms with van der Waals surface area (Å²) in [6.45, 7) is 0.887. The number of nitrogens with one attached hydrogen (secondary N) is 1. The molecule has 1 N–H and O–H groups in total. The van der Waals surface area contributed by atoms with Crippen molar-refractivity contribution in [1.82, 2.24) is 9.88 Å². The number of pyridine rings is 1. The highest BCUT2D eigenvalue weighted by Crippen LogP contribution is 2.31. The molecule has 0 spiro atoms. The summed E-state index contributed by atoms with van der Waals surface area (Å²) in [5, 5.41) is 14.6. The van der Waals surface area contributed by atoms with E-state index in [0.717, 1.165) is 37.1 Å². The average Bonchev–Trinajstić information content (AvgIpc) is 2.63. The average molecular weight is 342 g/mol. The Morgan fingerprint density at radius 1 is 1.29 bits per heavy atom. The molecular formula is C17H18N4O2S. The van der Waals surface area contributed by atoms with Crippen LogP contribution in [0, 0.1) is 10.1 Å². The van der Waals surface area contributed by atoms with Gasteiger partial charge >= 0.3 is 0 Å². The van der Waals surface area contributed by atoms with Crippen molar-refractivity contribution in [3.63, 3.8) is 0 Å². The van der Waals surface area contributed by atoms with Crippen molar-refractivity contribution >= 4 is 28.7 Å². The molecule has 1 saturated heterocycles. The summed E-state index contributed by atoms with van der Waals surface area (Å²) in [5.41, 5.74) is 1.98. The van der Waals surface area contributed by atoms with Crippen molar-refractivity contribution < 1.29 is 4.92 Å². The van der Waals surface area contributed by atoms with Gasteiger partial charge in [-0.05, 0) is 55.2 Å². The van der Waals surface area contributed by atoms with Crippen LogP contribution in [0.5, 0.6) is 0 Å². The summed E-state index contributed by atoms with van der Waals surface area (Å²) >= 11 is 5.58. The lowest BCUT2D eigenvalue weighted by Gasteiger charge is -2.37. The molecule has 1 unspecified atom stereocenters. The van der Waals surface area contributed by atoms with Gasteiger partial charge in [0.05, 0.1) is 11.0 Å². The predicted molar refractivity (Wildman–Crippen MR) is 96.9 cm³/mol. The highest BCUT2D eigenvalue weighted by molar-refractivity contribution is 7.80. The van der Waals surface area contributed by atoms with Crippen LogP contribution in [-0.4, -0.2) is 26.5 Å². The Hall–Kier alpha value is -2.54. The van der Waals surface area contributed by atoms with E-state index in [1.165, 1.54) is 12.1 Å². The molecule has 1 aromatic heterocycles. The van der Waals surface area contributed by atoms with Crippen LogP contribution < -0.4 is 5.32 Å². The number of benzene rings is 1. The fraction of sp³-hybridized carbons (Fsp3) is 0.294. The summed E-state index contributed by atoms with van der Waals surface area (Å²) < 4.78 is 0. The van der Waals surface area contributed by atoms with Crippen molar-refractivity contribution in [2.24, 2.45) is 0 Å². The highest BCUT2D eigenvalue weighted by atomic mass is 32.1.